The number of rotatable bonds is 10. The van der Waals surface area contributed by atoms with Gasteiger partial charge in [-0.15, -0.1) is 0 Å². The van der Waals surface area contributed by atoms with Crippen LogP contribution in [-0.4, -0.2) is 39.6 Å². The second-order valence-corrected chi connectivity index (χ2v) is 7.49. The van der Waals surface area contributed by atoms with Crippen LogP contribution in [0.2, 0.25) is 0 Å². The first-order valence-electron chi connectivity index (χ1n) is 10.2. The van der Waals surface area contributed by atoms with Gasteiger partial charge in [0.05, 0.1) is 18.0 Å². The summed E-state index contributed by atoms with van der Waals surface area (Å²) < 4.78 is 5.04. The molecule has 1 aliphatic rings. The van der Waals surface area contributed by atoms with Crippen molar-refractivity contribution >= 4 is 29.4 Å². The van der Waals surface area contributed by atoms with Crippen molar-refractivity contribution in [3.8, 4) is 0 Å². The lowest BCUT2D eigenvalue weighted by molar-refractivity contribution is -0.114. The zero-order valence-electron chi connectivity index (χ0n) is 17.8. The molecule has 1 saturated carbocycles. The van der Waals surface area contributed by atoms with Gasteiger partial charge in [0.25, 0.3) is 5.91 Å². The molecule has 0 aliphatic heterocycles. The first kappa shape index (κ1) is 21.6. The molecule has 0 unspecified atom stereocenters. The molecule has 158 valence electrons. The summed E-state index contributed by atoms with van der Waals surface area (Å²) in [7, 11) is 3.34. The molecule has 0 bridgehead atoms. The summed E-state index contributed by atoms with van der Waals surface area (Å²) in [6.07, 6.45) is 4.79. The van der Waals surface area contributed by atoms with Crippen molar-refractivity contribution in [2.45, 2.75) is 25.7 Å². The van der Waals surface area contributed by atoms with Gasteiger partial charge in [-0.25, -0.2) is 0 Å². The third-order valence-electron chi connectivity index (χ3n) is 5.15. The van der Waals surface area contributed by atoms with Gasteiger partial charge < -0.3 is 15.0 Å². The van der Waals surface area contributed by atoms with Crippen LogP contribution < -0.4 is 15.1 Å². The number of hydrogen-bond donors (Lipinski definition) is 1. The van der Waals surface area contributed by atoms with Crippen LogP contribution >= 0.6 is 0 Å². The third-order valence-corrected chi connectivity index (χ3v) is 5.15. The van der Waals surface area contributed by atoms with E-state index >= 15 is 0 Å². The molecule has 6 heteroatoms. The maximum atomic E-state index is 13.5. The van der Waals surface area contributed by atoms with Gasteiger partial charge in [-0.05, 0) is 55.5 Å². The zero-order chi connectivity index (χ0) is 21.5. The van der Waals surface area contributed by atoms with E-state index in [0.717, 1.165) is 24.9 Å². The second kappa shape index (κ2) is 10.1. The van der Waals surface area contributed by atoms with E-state index in [2.05, 4.69) is 11.4 Å². The lowest BCUT2D eigenvalue weighted by Crippen LogP contribution is -2.30. The zero-order valence-corrected chi connectivity index (χ0v) is 17.8. The highest BCUT2D eigenvalue weighted by molar-refractivity contribution is 6.12. The van der Waals surface area contributed by atoms with Gasteiger partial charge in [-0.3, -0.25) is 14.5 Å². The van der Waals surface area contributed by atoms with E-state index < -0.39 is 0 Å². The van der Waals surface area contributed by atoms with Crippen LogP contribution in [0.15, 0.2) is 60.3 Å². The Labute approximate surface area is 178 Å². The molecule has 0 aromatic heterocycles. The first-order valence-corrected chi connectivity index (χ1v) is 10.2. The number of amides is 2. The monoisotopic (exact) mass is 407 g/mol. The van der Waals surface area contributed by atoms with Crippen molar-refractivity contribution in [1.82, 2.24) is 5.32 Å². The number of carbonyl (C=O) groups excluding carboxylic acids is 2. The van der Waals surface area contributed by atoms with E-state index in [1.807, 2.05) is 42.5 Å². The van der Waals surface area contributed by atoms with Crippen molar-refractivity contribution < 1.29 is 14.3 Å². The van der Waals surface area contributed by atoms with Gasteiger partial charge in [0.15, 0.2) is 0 Å². The number of nitrogens with one attached hydrogen (secondary N) is 1. The van der Waals surface area contributed by atoms with E-state index in [4.69, 9.17) is 4.74 Å². The highest BCUT2D eigenvalue weighted by Crippen LogP contribution is 2.44. The Balaban J connectivity index is 2.05. The predicted octanol–water partition coefficient (Wildman–Crippen LogP) is 3.96. The average Bonchev–Trinajstić information content (AvgIpc) is 3.62. The fraction of sp³-hybridized carbons (Fsp3) is 0.333. The summed E-state index contributed by atoms with van der Waals surface area (Å²) >= 11 is 0. The molecular weight excluding hydrogens is 378 g/mol. The van der Waals surface area contributed by atoms with Crippen molar-refractivity contribution in [2.24, 2.45) is 0 Å². The molecule has 2 aromatic carbocycles. The van der Waals surface area contributed by atoms with Crippen LogP contribution in [0, 0.1) is 0 Å². The summed E-state index contributed by atoms with van der Waals surface area (Å²) in [5.41, 5.74) is 3.90. The summed E-state index contributed by atoms with van der Waals surface area (Å²) in [6.45, 7) is 2.95. The standard InChI is InChI=1S/C24H29N3O3/c1-18(16-25-13-14-30-3)24(29)27(21-7-5-4-6-8-21)23-15-20(19-9-10-19)11-12-22(23)26(2)17-28/h4-8,11-12,15-17,19,25H,9-10,13-14H2,1-3H3/b18-16+. The average molecular weight is 408 g/mol. The Morgan fingerprint density at radius 2 is 1.90 bits per heavy atom. The lowest BCUT2D eigenvalue weighted by atomic mass is 10.1. The maximum Gasteiger partial charge on any atom is 0.259 e. The molecule has 1 N–H and O–H groups in total. The normalized spacial score (nSPS) is 13.6. The Hall–Kier alpha value is -3.12. The smallest absolute Gasteiger partial charge is 0.259 e. The van der Waals surface area contributed by atoms with Crippen molar-refractivity contribution in [2.75, 3.05) is 37.1 Å². The molecule has 0 atom stereocenters. The van der Waals surface area contributed by atoms with Gasteiger partial charge in [0, 0.05) is 38.2 Å². The maximum absolute atomic E-state index is 13.5. The van der Waals surface area contributed by atoms with Gasteiger partial charge in [0.1, 0.15) is 0 Å². The van der Waals surface area contributed by atoms with Crippen molar-refractivity contribution in [1.29, 1.82) is 0 Å². The molecule has 0 radical (unpaired) electrons. The third kappa shape index (κ3) is 5.07. The highest BCUT2D eigenvalue weighted by Gasteiger charge is 2.28. The van der Waals surface area contributed by atoms with E-state index in [9.17, 15) is 9.59 Å². The van der Waals surface area contributed by atoms with Crippen LogP contribution in [0.3, 0.4) is 0 Å². The van der Waals surface area contributed by atoms with Crippen molar-refractivity contribution in [3.63, 3.8) is 0 Å². The highest BCUT2D eigenvalue weighted by atomic mass is 16.5. The van der Waals surface area contributed by atoms with Crippen LogP contribution in [0.1, 0.15) is 31.2 Å². The number of ether oxygens (including phenoxy) is 1. The number of nitrogens with zero attached hydrogens (tertiary/aromatic N) is 2. The number of benzene rings is 2. The summed E-state index contributed by atoms with van der Waals surface area (Å²) in [4.78, 5) is 28.3. The molecule has 0 spiro atoms. The van der Waals surface area contributed by atoms with E-state index in [1.165, 1.54) is 10.5 Å². The topological polar surface area (TPSA) is 61.9 Å². The Bertz CT molecular complexity index is 907. The van der Waals surface area contributed by atoms with Gasteiger partial charge >= 0.3 is 0 Å². The summed E-state index contributed by atoms with van der Waals surface area (Å²) in [5.74, 6) is 0.374. The van der Waals surface area contributed by atoms with Crippen LogP contribution in [0.25, 0.3) is 0 Å². The molecule has 0 saturated heterocycles. The summed E-state index contributed by atoms with van der Waals surface area (Å²) in [5, 5.41) is 3.11. The Kier molecular flexibility index (Phi) is 7.25. The molecule has 6 nitrogen and oxygen atoms in total. The largest absolute Gasteiger partial charge is 0.388 e. The minimum absolute atomic E-state index is 0.153. The van der Waals surface area contributed by atoms with Gasteiger partial charge in [-0.1, -0.05) is 24.3 Å². The number of anilines is 3. The number of methoxy groups -OCH3 is 1. The van der Waals surface area contributed by atoms with E-state index in [0.29, 0.717) is 36.0 Å². The molecule has 30 heavy (non-hydrogen) atoms. The number of para-hydroxylation sites is 1. The summed E-state index contributed by atoms with van der Waals surface area (Å²) in [6, 6.07) is 15.5. The number of hydrogen-bond acceptors (Lipinski definition) is 4. The van der Waals surface area contributed by atoms with Crippen molar-refractivity contribution in [3.05, 3.63) is 65.9 Å². The quantitative estimate of drug-likeness (QED) is 0.368. The van der Waals surface area contributed by atoms with E-state index in [1.54, 1.807) is 32.2 Å². The molecule has 3 rings (SSSR count). The van der Waals surface area contributed by atoms with Gasteiger partial charge in [0.2, 0.25) is 6.41 Å². The molecule has 0 heterocycles. The first-order chi connectivity index (χ1) is 14.6. The molecule has 1 aliphatic carbocycles. The van der Waals surface area contributed by atoms with Gasteiger partial charge in [-0.2, -0.15) is 0 Å². The Morgan fingerprint density at radius 3 is 2.53 bits per heavy atom. The Morgan fingerprint density at radius 1 is 1.17 bits per heavy atom. The fourth-order valence-corrected chi connectivity index (χ4v) is 3.31. The second-order valence-electron chi connectivity index (χ2n) is 7.49. The SMILES string of the molecule is COCCN/C=C(\C)C(=O)N(c1ccccc1)c1cc(C2CC2)ccc1N(C)C=O. The van der Waals surface area contributed by atoms with Crippen LogP contribution in [-0.2, 0) is 14.3 Å². The fourth-order valence-electron chi connectivity index (χ4n) is 3.31. The molecule has 1 fully saturated rings. The molecular formula is C24H29N3O3. The number of carbonyl (C=O) groups is 2. The molecule has 2 aromatic rings. The molecule has 2 amide bonds. The minimum Gasteiger partial charge on any atom is -0.388 e. The van der Waals surface area contributed by atoms with Crippen LogP contribution in [0.5, 0.6) is 0 Å². The van der Waals surface area contributed by atoms with Crippen LogP contribution in [0.4, 0.5) is 17.1 Å². The van der Waals surface area contributed by atoms with E-state index in [-0.39, 0.29) is 5.91 Å². The minimum atomic E-state index is -0.153. The predicted molar refractivity (Wildman–Crippen MR) is 120 cm³/mol. The lowest BCUT2D eigenvalue weighted by Gasteiger charge is -2.28.